The van der Waals surface area contributed by atoms with Crippen LogP contribution < -0.4 is 14.5 Å². The van der Waals surface area contributed by atoms with E-state index < -0.39 is 0 Å². The Hall–Kier alpha value is -2.08. The van der Waals surface area contributed by atoms with Crippen LogP contribution in [0.4, 0.5) is 15.9 Å². The van der Waals surface area contributed by atoms with E-state index in [2.05, 4.69) is 26.7 Å². The molecule has 0 amide bonds. The molecule has 0 unspecified atom stereocenters. The van der Waals surface area contributed by atoms with Crippen LogP contribution in [0.15, 0.2) is 18.2 Å². The number of hydrogen-bond acceptors (Lipinski definition) is 5. The highest BCUT2D eigenvalue weighted by atomic mass is 35.5. The van der Waals surface area contributed by atoms with E-state index in [1.54, 1.807) is 6.07 Å². The van der Waals surface area contributed by atoms with Gasteiger partial charge in [0.05, 0.1) is 7.11 Å². The van der Waals surface area contributed by atoms with Crippen molar-refractivity contribution in [2.45, 2.75) is 20.3 Å². The molecule has 2 aromatic rings. The number of hydrogen-bond donors (Lipinski definition) is 0. The normalized spacial score (nSPS) is 14.8. The van der Waals surface area contributed by atoms with Gasteiger partial charge in [-0.05, 0) is 25.5 Å². The molecule has 1 aromatic carbocycles. The standard InChI is InChI=1S/C18H22ClFN4O/c1-4-14-17(19)21-12(2)22-18(14)24-9-7-23(8-10-24)13-5-6-16(25-3)15(20)11-13/h5-6,11H,4,7-10H2,1-3H3. The van der Waals surface area contributed by atoms with E-state index in [1.807, 2.05) is 13.0 Å². The highest BCUT2D eigenvalue weighted by Crippen LogP contribution is 2.28. The molecule has 134 valence electrons. The summed E-state index contributed by atoms with van der Waals surface area (Å²) in [6.07, 6.45) is 0.790. The van der Waals surface area contributed by atoms with Crippen molar-refractivity contribution in [3.63, 3.8) is 0 Å². The van der Waals surface area contributed by atoms with Crippen molar-refractivity contribution in [3.8, 4) is 5.75 Å². The zero-order valence-electron chi connectivity index (χ0n) is 14.7. The lowest BCUT2D eigenvalue weighted by atomic mass is 10.2. The Morgan fingerprint density at radius 1 is 1.16 bits per heavy atom. The Morgan fingerprint density at radius 2 is 1.84 bits per heavy atom. The number of nitrogens with zero attached hydrogens (tertiary/aromatic N) is 4. The van der Waals surface area contributed by atoms with Crippen LogP contribution in [0.2, 0.25) is 5.15 Å². The van der Waals surface area contributed by atoms with Crippen molar-refractivity contribution in [2.75, 3.05) is 43.1 Å². The van der Waals surface area contributed by atoms with Crippen LogP contribution in [-0.4, -0.2) is 43.3 Å². The molecule has 0 N–H and O–H groups in total. The Balaban J connectivity index is 1.75. The first-order valence-electron chi connectivity index (χ1n) is 8.40. The van der Waals surface area contributed by atoms with Crippen LogP contribution in [0.5, 0.6) is 5.75 Å². The number of aryl methyl sites for hydroxylation is 1. The maximum Gasteiger partial charge on any atom is 0.167 e. The van der Waals surface area contributed by atoms with Gasteiger partial charge in [0.2, 0.25) is 0 Å². The van der Waals surface area contributed by atoms with Crippen molar-refractivity contribution in [3.05, 3.63) is 40.6 Å². The molecule has 1 aliphatic rings. The van der Waals surface area contributed by atoms with Crippen molar-refractivity contribution >= 4 is 23.1 Å². The smallest absolute Gasteiger partial charge is 0.167 e. The lowest BCUT2D eigenvalue weighted by Crippen LogP contribution is -2.47. The first-order valence-corrected chi connectivity index (χ1v) is 8.77. The number of methoxy groups -OCH3 is 1. The van der Waals surface area contributed by atoms with Gasteiger partial charge < -0.3 is 14.5 Å². The third-order valence-corrected chi connectivity index (χ3v) is 4.79. The predicted molar refractivity (Wildman–Crippen MR) is 98.5 cm³/mol. The summed E-state index contributed by atoms with van der Waals surface area (Å²) in [5.74, 6) is 1.52. The number of piperazine rings is 1. The van der Waals surface area contributed by atoms with E-state index in [-0.39, 0.29) is 11.6 Å². The first-order chi connectivity index (χ1) is 12.0. The van der Waals surface area contributed by atoms with Crippen molar-refractivity contribution < 1.29 is 9.13 Å². The summed E-state index contributed by atoms with van der Waals surface area (Å²) in [6, 6.07) is 5.08. The number of aromatic nitrogens is 2. The monoisotopic (exact) mass is 364 g/mol. The summed E-state index contributed by atoms with van der Waals surface area (Å²) < 4.78 is 18.9. The Morgan fingerprint density at radius 3 is 2.44 bits per heavy atom. The van der Waals surface area contributed by atoms with Crippen LogP contribution in [0, 0.1) is 12.7 Å². The van der Waals surface area contributed by atoms with Gasteiger partial charge in [-0.3, -0.25) is 0 Å². The van der Waals surface area contributed by atoms with Crippen molar-refractivity contribution in [1.82, 2.24) is 9.97 Å². The van der Waals surface area contributed by atoms with Crippen LogP contribution in [0.25, 0.3) is 0 Å². The second-order valence-corrected chi connectivity index (χ2v) is 6.37. The minimum atomic E-state index is -0.339. The van der Waals surface area contributed by atoms with Gasteiger partial charge in [0.15, 0.2) is 11.6 Å². The van der Waals surface area contributed by atoms with E-state index in [1.165, 1.54) is 13.2 Å². The number of rotatable bonds is 4. The summed E-state index contributed by atoms with van der Waals surface area (Å²) in [7, 11) is 1.47. The fourth-order valence-electron chi connectivity index (χ4n) is 3.14. The number of halogens is 2. The molecule has 7 heteroatoms. The molecule has 1 aliphatic heterocycles. The molecule has 0 radical (unpaired) electrons. The van der Waals surface area contributed by atoms with Gasteiger partial charge in [-0.15, -0.1) is 0 Å². The minimum absolute atomic E-state index is 0.265. The van der Waals surface area contributed by atoms with Crippen LogP contribution in [0.3, 0.4) is 0 Å². The second kappa shape index (κ2) is 7.44. The van der Waals surface area contributed by atoms with Gasteiger partial charge >= 0.3 is 0 Å². The molecule has 0 aliphatic carbocycles. The Kier molecular flexibility index (Phi) is 5.27. The summed E-state index contributed by atoms with van der Waals surface area (Å²) in [5.41, 5.74) is 1.85. The third kappa shape index (κ3) is 3.63. The van der Waals surface area contributed by atoms with Crippen LogP contribution in [0.1, 0.15) is 18.3 Å². The fraction of sp³-hybridized carbons (Fsp3) is 0.444. The van der Waals surface area contributed by atoms with E-state index in [0.29, 0.717) is 11.0 Å². The summed E-state index contributed by atoms with van der Waals surface area (Å²) >= 11 is 6.28. The maximum atomic E-state index is 13.9. The largest absolute Gasteiger partial charge is 0.494 e. The minimum Gasteiger partial charge on any atom is -0.494 e. The average molecular weight is 365 g/mol. The van der Waals surface area contributed by atoms with Gasteiger partial charge in [-0.2, -0.15) is 0 Å². The maximum absolute atomic E-state index is 13.9. The van der Waals surface area contributed by atoms with E-state index in [4.69, 9.17) is 16.3 Å². The molecule has 0 bridgehead atoms. The molecule has 0 saturated carbocycles. The molecule has 1 fully saturated rings. The third-order valence-electron chi connectivity index (χ3n) is 4.48. The van der Waals surface area contributed by atoms with Gasteiger partial charge in [0.1, 0.15) is 16.8 Å². The van der Waals surface area contributed by atoms with Crippen molar-refractivity contribution in [1.29, 1.82) is 0 Å². The number of anilines is 2. The fourth-order valence-corrected chi connectivity index (χ4v) is 3.48. The topological polar surface area (TPSA) is 41.5 Å². The SMILES string of the molecule is CCc1c(Cl)nc(C)nc1N1CCN(c2ccc(OC)c(F)c2)CC1. The Labute approximate surface area is 152 Å². The predicted octanol–water partition coefficient (Wildman–Crippen LogP) is 3.48. The molecular formula is C18H22ClFN4O. The van der Waals surface area contributed by atoms with E-state index in [9.17, 15) is 4.39 Å². The van der Waals surface area contributed by atoms with Crippen LogP contribution in [-0.2, 0) is 6.42 Å². The summed E-state index contributed by atoms with van der Waals surface area (Å²) in [5, 5.41) is 0.532. The molecule has 1 aromatic heterocycles. The van der Waals surface area contributed by atoms with Gasteiger partial charge in [0, 0.05) is 43.5 Å². The molecule has 5 nitrogen and oxygen atoms in total. The molecule has 0 spiro atoms. The number of ether oxygens (including phenoxy) is 1. The zero-order chi connectivity index (χ0) is 18.0. The lowest BCUT2D eigenvalue weighted by molar-refractivity contribution is 0.386. The van der Waals surface area contributed by atoms with Gasteiger partial charge in [0.25, 0.3) is 0 Å². The highest BCUT2D eigenvalue weighted by molar-refractivity contribution is 6.30. The van der Waals surface area contributed by atoms with E-state index >= 15 is 0 Å². The molecule has 2 heterocycles. The summed E-state index contributed by atoms with van der Waals surface area (Å²) in [4.78, 5) is 13.2. The number of benzene rings is 1. The average Bonchev–Trinajstić information content (AvgIpc) is 2.61. The lowest BCUT2D eigenvalue weighted by Gasteiger charge is -2.37. The zero-order valence-corrected chi connectivity index (χ0v) is 15.5. The molecule has 1 saturated heterocycles. The highest BCUT2D eigenvalue weighted by Gasteiger charge is 2.22. The molecule has 0 atom stereocenters. The van der Waals surface area contributed by atoms with E-state index in [0.717, 1.165) is 49.7 Å². The molecular weight excluding hydrogens is 343 g/mol. The Bertz CT molecular complexity index is 763. The van der Waals surface area contributed by atoms with Gasteiger partial charge in [-0.1, -0.05) is 18.5 Å². The quantitative estimate of drug-likeness (QED) is 0.777. The first kappa shape index (κ1) is 17.7. The summed E-state index contributed by atoms with van der Waals surface area (Å²) in [6.45, 7) is 7.08. The molecule has 3 rings (SSSR count). The molecule has 25 heavy (non-hydrogen) atoms. The van der Waals surface area contributed by atoms with Crippen molar-refractivity contribution in [2.24, 2.45) is 0 Å². The van der Waals surface area contributed by atoms with Crippen LogP contribution >= 0.6 is 11.6 Å². The second-order valence-electron chi connectivity index (χ2n) is 6.01. The van der Waals surface area contributed by atoms with Gasteiger partial charge in [-0.25, -0.2) is 14.4 Å².